The van der Waals surface area contributed by atoms with Crippen LogP contribution in [0.1, 0.15) is 31.2 Å². The molecule has 2 aliphatic rings. The molecule has 1 aromatic carbocycles. The summed E-state index contributed by atoms with van der Waals surface area (Å²) in [5, 5.41) is 1.11. The molecule has 0 N–H and O–H groups in total. The summed E-state index contributed by atoms with van der Waals surface area (Å²) in [5.74, 6) is 0.204. The molecule has 1 amide bonds. The molecule has 138 valence electrons. The summed E-state index contributed by atoms with van der Waals surface area (Å²) in [6.07, 6.45) is 4.86. The smallest absolute Gasteiger partial charge is 0.222 e. The van der Waals surface area contributed by atoms with Crippen molar-refractivity contribution in [3.05, 3.63) is 33.8 Å². The first kappa shape index (κ1) is 19.0. The van der Waals surface area contributed by atoms with Crippen molar-refractivity contribution >= 4 is 29.1 Å². The van der Waals surface area contributed by atoms with Gasteiger partial charge >= 0.3 is 0 Å². The molecule has 0 bridgehead atoms. The lowest BCUT2D eigenvalue weighted by Gasteiger charge is -2.24. The topological polar surface area (TPSA) is 32.8 Å². The minimum Gasteiger partial charge on any atom is -0.377 e. The maximum absolute atomic E-state index is 12.6. The van der Waals surface area contributed by atoms with Crippen LogP contribution < -0.4 is 0 Å². The molecule has 0 unspecified atom stereocenters. The number of aryl methyl sites for hydroxylation is 1. The highest BCUT2D eigenvalue weighted by molar-refractivity contribution is 6.42. The zero-order valence-electron chi connectivity index (χ0n) is 14.6. The predicted octanol–water partition coefficient (Wildman–Crippen LogP) is 3.64. The first-order valence-electron chi connectivity index (χ1n) is 9.18. The van der Waals surface area contributed by atoms with Gasteiger partial charge in [-0.3, -0.25) is 9.69 Å². The van der Waals surface area contributed by atoms with Crippen LogP contribution in [0.25, 0.3) is 0 Å². The SMILES string of the molecule is O=C(CCc1cccc(Cl)c1Cl)N1CCCN(C[C@@H]2CCCO2)CC1. The number of hydrogen-bond acceptors (Lipinski definition) is 3. The fraction of sp³-hybridized carbons (Fsp3) is 0.632. The Balaban J connectivity index is 1.46. The van der Waals surface area contributed by atoms with Gasteiger partial charge in [0.15, 0.2) is 0 Å². The predicted molar refractivity (Wildman–Crippen MR) is 101 cm³/mol. The first-order valence-corrected chi connectivity index (χ1v) is 9.93. The lowest BCUT2D eigenvalue weighted by Crippen LogP contribution is -2.37. The first-order chi connectivity index (χ1) is 12.1. The van der Waals surface area contributed by atoms with Crippen LogP contribution in [-0.4, -0.2) is 61.1 Å². The van der Waals surface area contributed by atoms with Gasteiger partial charge in [-0.05, 0) is 43.9 Å². The molecule has 4 nitrogen and oxygen atoms in total. The molecule has 0 saturated carbocycles. The van der Waals surface area contributed by atoms with E-state index in [1.807, 2.05) is 17.0 Å². The van der Waals surface area contributed by atoms with Gasteiger partial charge in [-0.2, -0.15) is 0 Å². The number of halogens is 2. The number of rotatable bonds is 5. The summed E-state index contributed by atoms with van der Waals surface area (Å²) < 4.78 is 5.73. The van der Waals surface area contributed by atoms with Gasteiger partial charge in [0.25, 0.3) is 0 Å². The van der Waals surface area contributed by atoms with Crippen LogP contribution in [0.4, 0.5) is 0 Å². The third kappa shape index (κ3) is 5.33. The average Bonchev–Trinajstić information content (AvgIpc) is 3.00. The molecule has 1 atom stereocenters. The van der Waals surface area contributed by atoms with E-state index in [2.05, 4.69) is 4.90 Å². The molecule has 2 saturated heterocycles. The van der Waals surface area contributed by atoms with E-state index in [1.54, 1.807) is 6.07 Å². The van der Waals surface area contributed by atoms with Crippen molar-refractivity contribution < 1.29 is 9.53 Å². The highest BCUT2D eigenvalue weighted by Gasteiger charge is 2.23. The monoisotopic (exact) mass is 384 g/mol. The molecular formula is C19H26Cl2N2O2. The Bertz CT molecular complexity index is 591. The van der Waals surface area contributed by atoms with Crippen LogP contribution in [0, 0.1) is 0 Å². The molecule has 2 fully saturated rings. The second kappa shape index (κ2) is 9.22. The molecule has 1 aromatic rings. The van der Waals surface area contributed by atoms with Crippen molar-refractivity contribution in [2.24, 2.45) is 0 Å². The highest BCUT2D eigenvalue weighted by Crippen LogP contribution is 2.26. The number of benzene rings is 1. The zero-order chi connectivity index (χ0) is 17.6. The quantitative estimate of drug-likeness (QED) is 0.776. The molecule has 25 heavy (non-hydrogen) atoms. The van der Waals surface area contributed by atoms with Gasteiger partial charge in [-0.15, -0.1) is 0 Å². The third-order valence-corrected chi connectivity index (χ3v) is 5.92. The van der Waals surface area contributed by atoms with E-state index in [0.29, 0.717) is 29.0 Å². The highest BCUT2D eigenvalue weighted by atomic mass is 35.5. The van der Waals surface area contributed by atoms with Crippen LogP contribution in [0.3, 0.4) is 0 Å². The molecule has 0 aromatic heterocycles. The molecule has 0 aliphatic carbocycles. The number of amides is 1. The number of hydrogen-bond donors (Lipinski definition) is 0. The van der Waals surface area contributed by atoms with Gasteiger partial charge < -0.3 is 9.64 Å². The van der Waals surface area contributed by atoms with E-state index in [4.69, 9.17) is 27.9 Å². The van der Waals surface area contributed by atoms with Crippen LogP contribution in [0.5, 0.6) is 0 Å². The number of ether oxygens (including phenoxy) is 1. The van der Waals surface area contributed by atoms with Crippen LogP contribution in [0.2, 0.25) is 10.0 Å². The lowest BCUT2D eigenvalue weighted by atomic mass is 10.1. The van der Waals surface area contributed by atoms with E-state index < -0.39 is 0 Å². The van der Waals surface area contributed by atoms with Gasteiger partial charge in [0.2, 0.25) is 5.91 Å². The van der Waals surface area contributed by atoms with E-state index in [1.165, 1.54) is 12.8 Å². The minimum absolute atomic E-state index is 0.204. The lowest BCUT2D eigenvalue weighted by molar-refractivity contribution is -0.131. The summed E-state index contributed by atoms with van der Waals surface area (Å²) in [6.45, 7) is 5.52. The molecular weight excluding hydrogens is 359 g/mol. The van der Waals surface area contributed by atoms with E-state index >= 15 is 0 Å². The second-order valence-electron chi connectivity index (χ2n) is 6.88. The van der Waals surface area contributed by atoms with Crippen molar-refractivity contribution in [3.63, 3.8) is 0 Å². The fourth-order valence-corrected chi connectivity index (χ4v) is 4.04. The summed E-state index contributed by atoms with van der Waals surface area (Å²) >= 11 is 12.3. The Kier molecular flexibility index (Phi) is 7.00. The molecule has 2 aliphatic heterocycles. The molecule has 6 heteroatoms. The summed E-state index contributed by atoms with van der Waals surface area (Å²) in [6, 6.07) is 5.59. The number of carbonyl (C=O) groups is 1. The van der Waals surface area contributed by atoms with Crippen molar-refractivity contribution in [1.29, 1.82) is 0 Å². The van der Waals surface area contributed by atoms with Gasteiger partial charge in [-0.1, -0.05) is 35.3 Å². The van der Waals surface area contributed by atoms with Crippen molar-refractivity contribution in [2.45, 2.75) is 38.2 Å². The second-order valence-corrected chi connectivity index (χ2v) is 7.67. The van der Waals surface area contributed by atoms with E-state index in [9.17, 15) is 4.79 Å². The normalized spacial score (nSPS) is 22.2. The van der Waals surface area contributed by atoms with Gasteiger partial charge in [0, 0.05) is 39.2 Å². The Morgan fingerprint density at radius 3 is 2.84 bits per heavy atom. The van der Waals surface area contributed by atoms with Crippen LogP contribution in [-0.2, 0) is 16.0 Å². The number of carbonyl (C=O) groups excluding carboxylic acids is 1. The van der Waals surface area contributed by atoms with Gasteiger partial charge in [0.05, 0.1) is 16.1 Å². The summed E-state index contributed by atoms with van der Waals surface area (Å²) in [4.78, 5) is 17.0. The largest absolute Gasteiger partial charge is 0.377 e. The Labute approximate surface area is 160 Å². The van der Waals surface area contributed by atoms with E-state index in [-0.39, 0.29) is 5.91 Å². The van der Waals surface area contributed by atoms with Crippen molar-refractivity contribution in [1.82, 2.24) is 9.80 Å². The van der Waals surface area contributed by atoms with Crippen molar-refractivity contribution in [2.75, 3.05) is 39.3 Å². The molecule has 2 heterocycles. The Hall–Kier alpha value is -0.810. The molecule has 0 radical (unpaired) electrons. The zero-order valence-corrected chi connectivity index (χ0v) is 16.1. The minimum atomic E-state index is 0.204. The van der Waals surface area contributed by atoms with Gasteiger partial charge in [-0.25, -0.2) is 0 Å². The standard InChI is InChI=1S/C19H26Cl2N2O2/c20-17-6-1-4-15(19(17)21)7-8-18(24)23-10-3-9-22(11-12-23)14-16-5-2-13-25-16/h1,4,6,16H,2-3,5,7-14H2/t16-/m0/s1. The molecule has 3 rings (SSSR count). The maximum atomic E-state index is 12.6. The Morgan fingerprint density at radius 1 is 1.16 bits per heavy atom. The number of nitrogens with zero attached hydrogens (tertiary/aromatic N) is 2. The summed E-state index contributed by atoms with van der Waals surface area (Å²) in [7, 11) is 0. The maximum Gasteiger partial charge on any atom is 0.222 e. The van der Waals surface area contributed by atoms with Crippen molar-refractivity contribution in [3.8, 4) is 0 Å². The van der Waals surface area contributed by atoms with Gasteiger partial charge in [0.1, 0.15) is 0 Å². The Morgan fingerprint density at radius 2 is 2.04 bits per heavy atom. The summed E-state index contributed by atoms with van der Waals surface area (Å²) in [5.41, 5.74) is 0.942. The van der Waals surface area contributed by atoms with Crippen LogP contribution >= 0.6 is 23.2 Å². The third-order valence-electron chi connectivity index (χ3n) is 5.07. The fourth-order valence-electron chi connectivity index (χ4n) is 3.62. The average molecular weight is 385 g/mol. The van der Waals surface area contributed by atoms with E-state index in [0.717, 1.165) is 51.3 Å². The molecule has 0 spiro atoms. The van der Waals surface area contributed by atoms with Crippen LogP contribution in [0.15, 0.2) is 18.2 Å².